The van der Waals surface area contributed by atoms with Crippen LogP contribution in [0.25, 0.3) is 0 Å². The zero-order chi connectivity index (χ0) is 25.0. The van der Waals surface area contributed by atoms with Crippen LogP contribution in [-0.4, -0.2) is 31.2 Å². The Morgan fingerprint density at radius 2 is 1.80 bits per heavy atom. The molecule has 0 unspecified atom stereocenters. The highest BCUT2D eigenvalue weighted by molar-refractivity contribution is 5.69. The van der Waals surface area contributed by atoms with Crippen LogP contribution in [0.15, 0.2) is 77.5 Å². The fraction of sp³-hybridized carbons (Fsp3) is 0.259. The lowest BCUT2D eigenvalue weighted by Crippen LogP contribution is -2.49. The predicted octanol–water partition coefficient (Wildman–Crippen LogP) is 3.76. The number of amides is 1. The van der Waals surface area contributed by atoms with Gasteiger partial charge in [0.1, 0.15) is 18.4 Å². The lowest BCUT2D eigenvalue weighted by Gasteiger charge is -2.45. The Morgan fingerprint density at radius 3 is 2.40 bits per heavy atom. The van der Waals surface area contributed by atoms with E-state index in [4.69, 9.17) is 15.2 Å². The van der Waals surface area contributed by atoms with Crippen molar-refractivity contribution >= 4 is 6.09 Å². The summed E-state index contributed by atoms with van der Waals surface area (Å²) in [4.78, 5) is 14.4. The normalized spacial score (nSPS) is 20.4. The molecule has 174 valence electrons. The van der Waals surface area contributed by atoms with E-state index >= 15 is 0 Å². The lowest BCUT2D eigenvalue weighted by atomic mass is 9.58. The van der Waals surface area contributed by atoms with Gasteiger partial charge < -0.3 is 20.1 Å². The summed E-state index contributed by atoms with van der Waals surface area (Å²) in [7, 11) is 1.55. The van der Waals surface area contributed by atoms with E-state index in [1.807, 2.05) is 30.3 Å². The second kappa shape index (κ2) is 9.63. The molecule has 2 aromatic rings. The summed E-state index contributed by atoms with van der Waals surface area (Å²) in [5, 5.41) is 30.2. The van der Waals surface area contributed by atoms with Gasteiger partial charge in [-0.3, -0.25) is 0 Å². The van der Waals surface area contributed by atoms with Crippen molar-refractivity contribution in [3.8, 4) is 24.0 Å². The average Bonchev–Trinajstić information content (AvgIpc) is 2.91. The van der Waals surface area contributed by atoms with E-state index in [-0.39, 0.29) is 31.0 Å². The molecule has 1 aliphatic heterocycles. The summed E-state index contributed by atoms with van der Waals surface area (Å²) in [5.41, 5.74) is 6.79. The first-order chi connectivity index (χ1) is 17.0. The molecule has 0 saturated carbocycles. The molecule has 2 N–H and O–H groups in total. The van der Waals surface area contributed by atoms with Gasteiger partial charge in [0, 0.05) is 24.9 Å². The number of nitrogens with two attached hydrogens (primary N) is 1. The van der Waals surface area contributed by atoms with Gasteiger partial charge in [0.05, 0.1) is 30.5 Å². The van der Waals surface area contributed by atoms with Crippen molar-refractivity contribution < 1.29 is 14.3 Å². The van der Waals surface area contributed by atoms with Crippen LogP contribution in [0.4, 0.5) is 4.79 Å². The molecule has 4 rings (SSSR count). The van der Waals surface area contributed by atoms with Gasteiger partial charge in [0.25, 0.3) is 0 Å². The minimum Gasteiger partial charge on any atom is -0.497 e. The quantitative estimate of drug-likeness (QED) is 0.726. The smallest absolute Gasteiger partial charge is 0.410 e. The summed E-state index contributed by atoms with van der Waals surface area (Å²) < 4.78 is 10.8. The summed E-state index contributed by atoms with van der Waals surface area (Å²) in [5.74, 6) is -0.602. The van der Waals surface area contributed by atoms with Crippen LogP contribution in [-0.2, 0) is 11.3 Å². The van der Waals surface area contributed by atoms with Crippen molar-refractivity contribution in [1.82, 2.24) is 4.90 Å². The SMILES string of the molecule is COc1ccc([C@@H]2[C@H]3CN(C(=O)OCc4ccccc4)CC=C3C(C#N)=C(N)C2(C#N)C#N)cc1. The zero-order valence-electron chi connectivity index (χ0n) is 19.1. The van der Waals surface area contributed by atoms with Crippen molar-refractivity contribution in [3.63, 3.8) is 0 Å². The maximum Gasteiger partial charge on any atom is 0.410 e. The second-order valence-electron chi connectivity index (χ2n) is 8.39. The van der Waals surface area contributed by atoms with Gasteiger partial charge in [-0.2, -0.15) is 15.8 Å². The van der Waals surface area contributed by atoms with Crippen LogP contribution in [0.1, 0.15) is 17.0 Å². The number of hydrogen-bond donors (Lipinski definition) is 1. The third kappa shape index (κ3) is 4.05. The summed E-state index contributed by atoms with van der Waals surface area (Å²) >= 11 is 0. The number of carbonyl (C=O) groups is 1. The second-order valence-corrected chi connectivity index (χ2v) is 8.39. The molecular weight excluding hydrogens is 442 g/mol. The van der Waals surface area contributed by atoms with Crippen molar-refractivity contribution in [2.24, 2.45) is 17.1 Å². The number of methoxy groups -OCH3 is 1. The van der Waals surface area contributed by atoms with E-state index in [1.165, 1.54) is 4.90 Å². The Bertz CT molecular complexity index is 1300. The maximum atomic E-state index is 12.9. The minimum atomic E-state index is -1.78. The zero-order valence-corrected chi connectivity index (χ0v) is 19.1. The van der Waals surface area contributed by atoms with Crippen LogP contribution in [0.2, 0.25) is 0 Å². The number of carbonyl (C=O) groups excluding carboxylic acids is 1. The molecule has 0 radical (unpaired) electrons. The van der Waals surface area contributed by atoms with Gasteiger partial charge in [-0.25, -0.2) is 4.79 Å². The van der Waals surface area contributed by atoms with Crippen LogP contribution in [0.3, 0.4) is 0 Å². The Labute approximate surface area is 203 Å². The first kappa shape index (κ1) is 23.4. The molecule has 1 aliphatic carbocycles. The van der Waals surface area contributed by atoms with Gasteiger partial charge in [-0.1, -0.05) is 48.5 Å². The van der Waals surface area contributed by atoms with Crippen LogP contribution in [0.5, 0.6) is 5.75 Å². The fourth-order valence-corrected chi connectivity index (χ4v) is 4.83. The molecule has 2 atom stereocenters. The molecule has 0 saturated heterocycles. The van der Waals surface area contributed by atoms with Gasteiger partial charge in [-0.15, -0.1) is 0 Å². The largest absolute Gasteiger partial charge is 0.497 e. The molecule has 0 spiro atoms. The van der Waals surface area contributed by atoms with Crippen molar-refractivity contribution in [1.29, 1.82) is 15.8 Å². The van der Waals surface area contributed by atoms with E-state index in [0.717, 1.165) is 5.56 Å². The Morgan fingerprint density at radius 1 is 1.11 bits per heavy atom. The first-order valence-electron chi connectivity index (χ1n) is 11.0. The van der Waals surface area contributed by atoms with Gasteiger partial charge in [-0.05, 0) is 28.8 Å². The molecule has 0 fully saturated rings. The number of fused-ring (bicyclic) bond motifs is 1. The molecule has 8 heteroatoms. The highest BCUT2D eigenvalue weighted by atomic mass is 16.6. The summed E-state index contributed by atoms with van der Waals surface area (Å²) in [6.45, 7) is 0.509. The first-order valence-corrected chi connectivity index (χ1v) is 11.0. The van der Waals surface area contributed by atoms with Crippen LogP contribution in [0, 0.1) is 45.3 Å². The number of hydrogen-bond acceptors (Lipinski definition) is 7. The predicted molar refractivity (Wildman–Crippen MR) is 126 cm³/mol. The number of benzene rings is 2. The monoisotopic (exact) mass is 465 g/mol. The Balaban J connectivity index is 1.73. The van der Waals surface area contributed by atoms with Crippen molar-refractivity contribution in [2.75, 3.05) is 20.2 Å². The topological polar surface area (TPSA) is 136 Å². The molecule has 0 aromatic heterocycles. The number of allylic oxidation sites excluding steroid dienone is 2. The Hall–Kier alpha value is -4.74. The third-order valence-electron chi connectivity index (χ3n) is 6.60. The average molecular weight is 466 g/mol. The maximum absolute atomic E-state index is 12.9. The standard InChI is InChI=1S/C27H23N5O3/c1-34-20-9-7-19(8-10-20)24-23-14-32(26(33)35-15-18-5-3-2-4-6-18)12-11-21(23)22(13-28)25(31)27(24,16-29)17-30/h2-11,23-24H,12,14-15,31H2,1H3/t23-,24+/m0/s1. The van der Waals surface area contributed by atoms with E-state index in [0.29, 0.717) is 16.9 Å². The van der Waals surface area contributed by atoms with Crippen molar-refractivity contribution in [3.05, 3.63) is 88.6 Å². The van der Waals surface area contributed by atoms with Crippen LogP contribution < -0.4 is 10.5 Å². The van der Waals surface area contributed by atoms with Gasteiger partial charge in [0.2, 0.25) is 0 Å². The highest BCUT2D eigenvalue weighted by Crippen LogP contribution is 2.54. The van der Waals surface area contributed by atoms with Gasteiger partial charge >= 0.3 is 6.09 Å². The van der Waals surface area contributed by atoms with Gasteiger partial charge in [0.15, 0.2) is 5.41 Å². The van der Waals surface area contributed by atoms with E-state index < -0.39 is 23.3 Å². The van der Waals surface area contributed by atoms with E-state index in [9.17, 15) is 20.6 Å². The Kier molecular flexibility index (Phi) is 6.44. The van der Waals surface area contributed by atoms with Crippen LogP contribution >= 0.6 is 0 Å². The highest BCUT2D eigenvalue weighted by Gasteiger charge is 2.54. The van der Waals surface area contributed by atoms with E-state index in [1.54, 1.807) is 37.5 Å². The number of nitriles is 3. The molecular formula is C27H23N5O3. The molecule has 1 amide bonds. The summed E-state index contributed by atoms with van der Waals surface area (Å²) in [6, 6.07) is 22.7. The molecule has 2 aromatic carbocycles. The number of nitrogens with zero attached hydrogens (tertiary/aromatic N) is 4. The molecule has 0 bridgehead atoms. The van der Waals surface area contributed by atoms with Crippen molar-refractivity contribution in [2.45, 2.75) is 12.5 Å². The fourth-order valence-electron chi connectivity index (χ4n) is 4.83. The number of ether oxygens (including phenoxy) is 2. The minimum absolute atomic E-state index is 0.0616. The number of rotatable bonds is 4. The molecule has 1 heterocycles. The molecule has 2 aliphatic rings. The summed E-state index contributed by atoms with van der Waals surface area (Å²) in [6.07, 6.45) is 1.25. The molecule has 8 nitrogen and oxygen atoms in total. The third-order valence-corrected chi connectivity index (χ3v) is 6.60. The molecule has 35 heavy (non-hydrogen) atoms. The van der Waals surface area contributed by atoms with E-state index in [2.05, 4.69) is 18.2 Å². The lowest BCUT2D eigenvalue weighted by molar-refractivity contribution is 0.0898.